The summed E-state index contributed by atoms with van der Waals surface area (Å²) in [5.74, 6) is -1.10. The SMILES string of the molecule is CCCCc1ccc(-n2nnc(C(=O)O)c2COC)cc1. The van der Waals surface area contributed by atoms with E-state index in [0.717, 1.165) is 24.9 Å². The lowest BCUT2D eigenvalue weighted by atomic mass is 10.1. The highest BCUT2D eigenvalue weighted by Gasteiger charge is 2.19. The zero-order chi connectivity index (χ0) is 15.2. The van der Waals surface area contributed by atoms with Crippen molar-refractivity contribution in [1.29, 1.82) is 0 Å². The van der Waals surface area contributed by atoms with Crippen LogP contribution in [0.15, 0.2) is 24.3 Å². The molecule has 6 heteroatoms. The maximum Gasteiger partial charge on any atom is 0.358 e. The normalized spacial score (nSPS) is 10.8. The van der Waals surface area contributed by atoms with E-state index < -0.39 is 5.97 Å². The van der Waals surface area contributed by atoms with Crippen LogP contribution in [0.5, 0.6) is 0 Å². The van der Waals surface area contributed by atoms with Gasteiger partial charge in [-0.2, -0.15) is 0 Å². The number of rotatable bonds is 7. The molecule has 0 saturated heterocycles. The zero-order valence-corrected chi connectivity index (χ0v) is 12.2. The Morgan fingerprint density at radius 1 is 1.33 bits per heavy atom. The molecule has 112 valence electrons. The second-order valence-electron chi connectivity index (χ2n) is 4.80. The van der Waals surface area contributed by atoms with Crippen molar-refractivity contribution in [3.05, 3.63) is 41.2 Å². The van der Waals surface area contributed by atoms with Gasteiger partial charge >= 0.3 is 5.97 Å². The average molecular weight is 289 g/mol. The smallest absolute Gasteiger partial charge is 0.358 e. The van der Waals surface area contributed by atoms with Gasteiger partial charge in [0.25, 0.3) is 0 Å². The summed E-state index contributed by atoms with van der Waals surface area (Å²) in [7, 11) is 1.51. The number of benzene rings is 1. The van der Waals surface area contributed by atoms with E-state index in [0.29, 0.717) is 5.69 Å². The molecule has 2 rings (SSSR count). The van der Waals surface area contributed by atoms with Crippen LogP contribution < -0.4 is 0 Å². The summed E-state index contributed by atoms with van der Waals surface area (Å²) in [6.07, 6.45) is 3.35. The maximum atomic E-state index is 11.1. The van der Waals surface area contributed by atoms with Gasteiger partial charge in [-0.3, -0.25) is 0 Å². The van der Waals surface area contributed by atoms with E-state index in [-0.39, 0.29) is 12.3 Å². The number of aromatic nitrogens is 3. The van der Waals surface area contributed by atoms with Gasteiger partial charge in [0.2, 0.25) is 0 Å². The molecule has 0 amide bonds. The van der Waals surface area contributed by atoms with E-state index in [2.05, 4.69) is 17.2 Å². The Hall–Kier alpha value is -2.21. The molecule has 6 nitrogen and oxygen atoms in total. The van der Waals surface area contributed by atoms with Gasteiger partial charge in [0, 0.05) is 7.11 Å². The first-order valence-electron chi connectivity index (χ1n) is 6.93. The number of hydrogen-bond acceptors (Lipinski definition) is 4. The molecule has 0 aliphatic carbocycles. The fraction of sp³-hybridized carbons (Fsp3) is 0.400. The Kier molecular flexibility index (Phi) is 5.05. The van der Waals surface area contributed by atoms with Crippen molar-refractivity contribution >= 4 is 5.97 Å². The molecule has 1 aromatic carbocycles. The van der Waals surface area contributed by atoms with Gasteiger partial charge in [-0.25, -0.2) is 9.48 Å². The maximum absolute atomic E-state index is 11.1. The van der Waals surface area contributed by atoms with Crippen molar-refractivity contribution in [1.82, 2.24) is 15.0 Å². The van der Waals surface area contributed by atoms with E-state index in [1.165, 1.54) is 17.4 Å². The Balaban J connectivity index is 2.30. The average Bonchev–Trinajstić information content (AvgIpc) is 2.90. The molecule has 0 atom stereocenters. The van der Waals surface area contributed by atoms with Crippen LogP contribution >= 0.6 is 0 Å². The fourth-order valence-corrected chi connectivity index (χ4v) is 2.13. The van der Waals surface area contributed by atoms with Crippen LogP contribution in [0.1, 0.15) is 41.5 Å². The quantitative estimate of drug-likeness (QED) is 0.847. The molecule has 1 heterocycles. The molecule has 21 heavy (non-hydrogen) atoms. The number of aromatic carboxylic acids is 1. The summed E-state index contributed by atoms with van der Waals surface area (Å²) in [5.41, 5.74) is 2.40. The summed E-state index contributed by atoms with van der Waals surface area (Å²) >= 11 is 0. The van der Waals surface area contributed by atoms with Gasteiger partial charge in [-0.05, 0) is 30.5 Å². The van der Waals surface area contributed by atoms with Gasteiger partial charge in [0.1, 0.15) is 5.69 Å². The first-order valence-corrected chi connectivity index (χ1v) is 6.93. The number of hydrogen-bond donors (Lipinski definition) is 1. The number of carboxylic acid groups (broad SMARTS) is 1. The first kappa shape index (κ1) is 15.2. The molecule has 0 fully saturated rings. The van der Waals surface area contributed by atoms with Crippen molar-refractivity contribution in [2.24, 2.45) is 0 Å². The number of methoxy groups -OCH3 is 1. The number of aryl methyl sites for hydroxylation is 1. The van der Waals surface area contributed by atoms with Gasteiger partial charge < -0.3 is 9.84 Å². The Bertz CT molecular complexity index is 605. The molecule has 0 saturated carbocycles. The highest BCUT2D eigenvalue weighted by molar-refractivity contribution is 5.86. The predicted molar refractivity (Wildman–Crippen MR) is 77.6 cm³/mol. The van der Waals surface area contributed by atoms with E-state index in [9.17, 15) is 4.79 Å². The molecule has 1 aromatic heterocycles. The van der Waals surface area contributed by atoms with E-state index >= 15 is 0 Å². The Labute approximate surface area is 123 Å². The second-order valence-corrected chi connectivity index (χ2v) is 4.80. The third-order valence-corrected chi connectivity index (χ3v) is 3.25. The van der Waals surface area contributed by atoms with Crippen molar-refractivity contribution < 1.29 is 14.6 Å². The zero-order valence-electron chi connectivity index (χ0n) is 12.2. The van der Waals surface area contributed by atoms with Gasteiger partial charge in [-0.1, -0.05) is 30.7 Å². The molecule has 0 unspecified atom stereocenters. The summed E-state index contributed by atoms with van der Waals surface area (Å²) in [6, 6.07) is 7.91. The number of unbranched alkanes of at least 4 members (excludes halogenated alkanes) is 1. The van der Waals surface area contributed by atoms with E-state index in [1.54, 1.807) is 0 Å². The summed E-state index contributed by atoms with van der Waals surface area (Å²) < 4.78 is 6.56. The molecule has 0 aliphatic rings. The first-order chi connectivity index (χ1) is 10.2. The summed E-state index contributed by atoms with van der Waals surface area (Å²) in [4.78, 5) is 11.1. The van der Waals surface area contributed by atoms with Crippen LogP contribution in [0.3, 0.4) is 0 Å². The molecule has 1 N–H and O–H groups in total. The topological polar surface area (TPSA) is 77.2 Å². The number of nitrogens with zero attached hydrogens (tertiary/aromatic N) is 3. The van der Waals surface area contributed by atoms with Crippen molar-refractivity contribution in [2.75, 3.05) is 7.11 Å². The molecule has 2 aromatic rings. The standard InChI is InChI=1S/C15H19N3O3/c1-3-4-5-11-6-8-12(9-7-11)18-13(10-21-2)14(15(19)20)16-17-18/h6-9H,3-5,10H2,1-2H3,(H,19,20). The van der Waals surface area contributed by atoms with E-state index in [4.69, 9.17) is 9.84 Å². The van der Waals surface area contributed by atoms with Crippen LogP contribution in [0.2, 0.25) is 0 Å². The second kappa shape index (κ2) is 6.99. The number of carboxylic acids is 1. The summed E-state index contributed by atoms with van der Waals surface area (Å²) in [5, 5.41) is 16.8. The van der Waals surface area contributed by atoms with Crippen LogP contribution in [0.25, 0.3) is 5.69 Å². The minimum absolute atomic E-state index is 0.0769. The molecular formula is C15H19N3O3. The lowest BCUT2D eigenvalue weighted by molar-refractivity contribution is 0.0685. The third-order valence-electron chi connectivity index (χ3n) is 3.25. The highest BCUT2D eigenvalue weighted by atomic mass is 16.5. The van der Waals surface area contributed by atoms with Crippen LogP contribution in [-0.4, -0.2) is 33.2 Å². The molecule has 0 aliphatic heterocycles. The van der Waals surface area contributed by atoms with Gasteiger partial charge in [0.15, 0.2) is 5.69 Å². The van der Waals surface area contributed by atoms with E-state index in [1.807, 2.05) is 24.3 Å². The molecule has 0 spiro atoms. The van der Waals surface area contributed by atoms with Gasteiger partial charge in [-0.15, -0.1) is 5.10 Å². The number of carbonyl (C=O) groups is 1. The molecule has 0 bridgehead atoms. The molecular weight excluding hydrogens is 270 g/mol. The van der Waals surface area contributed by atoms with Crippen LogP contribution in [0, 0.1) is 0 Å². The predicted octanol–water partition coefficient (Wildman–Crippen LogP) is 2.45. The Morgan fingerprint density at radius 3 is 2.62 bits per heavy atom. The fourth-order valence-electron chi connectivity index (χ4n) is 2.13. The van der Waals surface area contributed by atoms with Crippen molar-refractivity contribution in [3.8, 4) is 5.69 Å². The van der Waals surface area contributed by atoms with Crippen molar-refractivity contribution in [2.45, 2.75) is 32.8 Å². The molecule has 0 radical (unpaired) electrons. The third kappa shape index (κ3) is 3.46. The van der Waals surface area contributed by atoms with Crippen LogP contribution in [0.4, 0.5) is 0 Å². The lowest BCUT2D eigenvalue weighted by Gasteiger charge is -2.07. The monoisotopic (exact) mass is 289 g/mol. The lowest BCUT2D eigenvalue weighted by Crippen LogP contribution is -2.08. The minimum atomic E-state index is -1.10. The largest absolute Gasteiger partial charge is 0.476 e. The minimum Gasteiger partial charge on any atom is -0.476 e. The number of ether oxygens (including phenoxy) is 1. The van der Waals surface area contributed by atoms with Crippen molar-refractivity contribution in [3.63, 3.8) is 0 Å². The van der Waals surface area contributed by atoms with Gasteiger partial charge in [0.05, 0.1) is 12.3 Å². The summed E-state index contributed by atoms with van der Waals surface area (Å²) in [6.45, 7) is 2.31. The van der Waals surface area contributed by atoms with Crippen LogP contribution in [-0.2, 0) is 17.8 Å². The highest BCUT2D eigenvalue weighted by Crippen LogP contribution is 2.16. The Morgan fingerprint density at radius 2 is 2.05 bits per heavy atom.